The molecule has 0 aliphatic heterocycles. The summed E-state index contributed by atoms with van der Waals surface area (Å²) in [6.45, 7) is 3.68. The predicted molar refractivity (Wildman–Crippen MR) is 77.4 cm³/mol. The van der Waals surface area contributed by atoms with Crippen LogP contribution in [0.3, 0.4) is 0 Å². The Hall–Kier alpha value is -0.470. The van der Waals surface area contributed by atoms with Crippen LogP contribution in [-0.4, -0.2) is 10.1 Å². The topological polar surface area (TPSA) is 64.9 Å². The first-order chi connectivity index (χ1) is 7.88. The lowest BCUT2D eigenvalue weighted by Gasteiger charge is -2.11. The van der Waals surface area contributed by atoms with Gasteiger partial charge < -0.3 is 10.3 Å². The second kappa shape index (κ2) is 4.66. The van der Waals surface area contributed by atoms with Crippen molar-refractivity contribution in [2.24, 2.45) is 5.73 Å². The molecular formula is C11H11BrIN3O. The van der Waals surface area contributed by atoms with Gasteiger partial charge in [-0.05, 0) is 54.6 Å². The standard InChI is InChI=1S/C11H11BrIN3O/c1-11(2,14)10-15-9(17-16-10)7-5-6(12)3-4-8(7)13/h3-5H,14H2,1-2H3. The second-order valence-electron chi connectivity index (χ2n) is 4.27. The van der Waals surface area contributed by atoms with E-state index in [0.717, 1.165) is 13.6 Å². The van der Waals surface area contributed by atoms with Gasteiger partial charge in [-0.15, -0.1) is 0 Å². The van der Waals surface area contributed by atoms with Crippen LogP contribution in [0.1, 0.15) is 19.7 Å². The van der Waals surface area contributed by atoms with E-state index in [0.29, 0.717) is 11.7 Å². The summed E-state index contributed by atoms with van der Waals surface area (Å²) in [5.74, 6) is 0.993. The molecule has 90 valence electrons. The van der Waals surface area contributed by atoms with Crippen molar-refractivity contribution in [2.45, 2.75) is 19.4 Å². The van der Waals surface area contributed by atoms with Gasteiger partial charge in [0.15, 0.2) is 5.82 Å². The summed E-state index contributed by atoms with van der Waals surface area (Å²) in [7, 11) is 0. The molecule has 0 aliphatic rings. The molecule has 17 heavy (non-hydrogen) atoms. The Morgan fingerprint density at radius 1 is 1.41 bits per heavy atom. The van der Waals surface area contributed by atoms with Gasteiger partial charge in [0.25, 0.3) is 5.89 Å². The molecule has 0 atom stereocenters. The SMILES string of the molecule is CC(C)(N)c1noc(-c2cc(Br)ccc2I)n1. The largest absolute Gasteiger partial charge is 0.334 e. The Morgan fingerprint density at radius 2 is 2.12 bits per heavy atom. The van der Waals surface area contributed by atoms with E-state index in [9.17, 15) is 0 Å². The number of hydrogen-bond donors (Lipinski definition) is 1. The molecule has 0 saturated heterocycles. The Balaban J connectivity index is 2.47. The van der Waals surface area contributed by atoms with Crippen LogP contribution in [0, 0.1) is 3.57 Å². The lowest BCUT2D eigenvalue weighted by Crippen LogP contribution is -2.30. The minimum absolute atomic E-state index is 0.490. The molecule has 0 spiro atoms. The summed E-state index contributed by atoms with van der Waals surface area (Å²) in [6.07, 6.45) is 0. The fraction of sp³-hybridized carbons (Fsp3) is 0.273. The fourth-order valence-corrected chi connectivity index (χ4v) is 2.18. The lowest BCUT2D eigenvalue weighted by atomic mass is 10.1. The molecule has 0 fully saturated rings. The molecule has 0 unspecified atom stereocenters. The van der Waals surface area contributed by atoms with Crippen molar-refractivity contribution in [2.75, 3.05) is 0 Å². The van der Waals surface area contributed by atoms with Crippen LogP contribution in [-0.2, 0) is 5.54 Å². The van der Waals surface area contributed by atoms with E-state index in [2.05, 4.69) is 48.7 Å². The first-order valence-electron chi connectivity index (χ1n) is 4.96. The van der Waals surface area contributed by atoms with E-state index < -0.39 is 5.54 Å². The number of benzene rings is 1. The maximum atomic E-state index is 5.92. The molecule has 0 radical (unpaired) electrons. The maximum absolute atomic E-state index is 5.92. The molecule has 2 rings (SSSR count). The fourth-order valence-electron chi connectivity index (χ4n) is 1.26. The van der Waals surface area contributed by atoms with Gasteiger partial charge in [-0.25, -0.2) is 0 Å². The molecule has 4 nitrogen and oxygen atoms in total. The van der Waals surface area contributed by atoms with Crippen LogP contribution in [0.5, 0.6) is 0 Å². The lowest BCUT2D eigenvalue weighted by molar-refractivity contribution is 0.397. The number of nitrogens with zero attached hydrogens (tertiary/aromatic N) is 2. The van der Waals surface area contributed by atoms with Crippen LogP contribution < -0.4 is 5.73 Å². The Bertz CT molecular complexity index is 548. The van der Waals surface area contributed by atoms with Crippen molar-refractivity contribution in [3.63, 3.8) is 0 Å². The zero-order valence-electron chi connectivity index (χ0n) is 9.37. The summed E-state index contributed by atoms with van der Waals surface area (Å²) in [4.78, 5) is 4.33. The monoisotopic (exact) mass is 407 g/mol. The highest BCUT2D eigenvalue weighted by Crippen LogP contribution is 2.28. The summed E-state index contributed by atoms with van der Waals surface area (Å²) in [6, 6.07) is 5.90. The molecule has 0 aliphatic carbocycles. The van der Waals surface area contributed by atoms with Crippen molar-refractivity contribution >= 4 is 38.5 Å². The van der Waals surface area contributed by atoms with Crippen LogP contribution >= 0.6 is 38.5 Å². The van der Waals surface area contributed by atoms with Crippen LogP contribution in [0.4, 0.5) is 0 Å². The molecule has 0 amide bonds. The van der Waals surface area contributed by atoms with E-state index in [1.54, 1.807) is 0 Å². The van der Waals surface area contributed by atoms with Crippen molar-refractivity contribution in [3.05, 3.63) is 32.1 Å². The molecule has 6 heteroatoms. The number of rotatable bonds is 2. The normalized spacial score (nSPS) is 11.8. The number of nitrogens with two attached hydrogens (primary N) is 1. The molecule has 0 saturated carbocycles. The van der Waals surface area contributed by atoms with E-state index >= 15 is 0 Å². The molecule has 1 aromatic heterocycles. The van der Waals surface area contributed by atoms with Gasteiger partial charge in [0, 0.05) is 8.04 Å². The molecule has 0 bridgehead atoms. The predicted octanol–water partition coefficient (Wildman–Crippen LogP) is 3.30. The smallest absolute Gasteiger partial charge is 0.259 e. The van der Waals surface area contributed by atoms with Gasteiger partial charge in [0.2, 0.25) is 0 Å². The quantitative estimate of drug-likeness (QED) is 0.775. The highest BCUT2D eigenvalue weighted by molar-refractivity contribution is 14.1. The van der Waals surface area contributed by atoms with Crippen molar-refractivity contribution in [3.8, 4) is 11.5 Å². The Kier molecular flexibility index (Phi) is 3.55. The number of halogens is 2. The first-order valence-corrected chi connectivity index (χ1v) is 6.83. The van der Waals surface area contributed by atoms with Crippen molar-refractivity contribution in [1.82, 2.24) is 10.1 Å². The van der Waals surface area contributed by atoms with Gasteiger partial charge in [-0.2, -0.15) is 4.98 Å². The van der Waals surface area contributed by atoms with Crippen LogP contribution in [0.15, 0.2) is 27.2 Å². The Labute approximate surface area is 121 Å². The van der Waals surface area contributed by atoms with Crippen LogP contribution in [0.2, 0.25) is 0 Å². The van der Waals surface area contributed by atoms with E-state index in [4.69, 9.17) is 10.3 Å². The summed E-state index contributed by atoms with van der Waals surface area (Å²) in [5.41, 5.74) is 6.23. The minimum atomic E-state index is -0.598. The van der Waals surface area contributed by atoms with Gasteiger partial charge in [-0.3, -0.25) is 0 Å². The summed E-state index contributed by atoms with van der Waals surface area (Å²) in [5, 5.41) is 3.90. The zero-order chi connectivity index (χ0) is 12.6. The number of hydrogen-bond acceptors (Lipinski definition) is 4. The van der Waals surface area contributed by atoms with E-state index in [1.807, 2.05) is 32.0 Å². The second-order valence-corrected chi connectivity index (χ2v) is 6.35. The molecule has 1 aromatic carbocycles. The summed E-state index contributed by atoms with van der Waals surface area (Å²) < 4.78 is 7.27. The van der Waals surface area contributed by atoms with Gasteiger partial charge in [0.1, 0.15) is 0 Å². The average molecular weight is 408 g/mol. The third-order valence-electron chi connectivity index (χ3n) is 2.16. The van der Waals surface area contributed by atoms with E-state index in [-0.39, 0.29) is 0 Å². The maximum Gasteiger partial charge on any atom is 0.259 e. The van der Waals surface area contributed by atoms with E-state index in [1.165, 1.54) is 0 Å². The zero-order valence-corrected chi connectivity index (χ0v) is 13.1. The van der Waals surface area contributed by atoms with Crippen LogP contribution in [0.25, 0.3) is 11.5 Å². The van der Waals surface area contributed by atoms with Gasteiger partial charge in [0.05, 0.1) is 11.1 Å². The molecule has 2 aromatic rings. The van der Waals surface area contributed by atoms with Gasteiger partial charge >= 0.3 is 0 Å². The minimum Gasteiger partial charge on any atom is -0.334 e. The number of aromatic nitrogens is 2. The Morgan fingerprint density at radius 3 is 2.71 bits per heavy atom. The highest BCUT2D eigenvalue weighted by atomic mass is 127. The highest BCUT2D eigenvalue weighted by Gasteiger charge is 2.22. The third kappa shape index (κ3) is 2.86. The third-order valence-corrected chi connectivity index (χ3v) is 3.60. The van der Waals surface area contributed by atoms with Crippen molar-refractivity contribution < 1.29 is 4.52 Å². The molecule has 1 heterocycles. The molecule has 2 N–H and O–H groups in total. The van der Waals surface area contributed by atoms with Crippen molar-refractivity contribution in [1.29, 1.82) is 0 Å². The van der Waals surface area contributed by atoms with Gasteiger partial charge in [-0.1, -0.05) is 21.1 Å². The first kappa shape index (κ1) is 13.0. The average Bonchev–Trinajstić information content (AvgIpc) is 2.70. The summed E-state index contributed by atoms with van der Waals surface area (Å²) >= 11 is 5.65. The molecular weight excluding hydrogens is 397 g/mol.